The Balaban J connectivity index is 1.97. The van der Waals surface area contributed by atoms with Crippen molar-refractivity contribution in [1.29, 1.82) is 5.26 Å². The summed E-state index contributed by atoms with van der Waals surface area (Å²) in [4.78, 5) is 25.5. The van der Waals surface area contributed by atoms with Gasteiger partial charge in [0.05, 0.1) is 16.8 Å². The van der Waals surface area contributed by atoms with E-state index in [1.54, 1.807) is 48.2 Å². The van der Waals surface area contributed by atoms with Crippen LogP contribution < -0.4 is 5.32 Å². The van der Waals surface area contributed by atoms with Gasteiger partial charge in [-0.2, -0.15) is 5.26 Å². The number of esters is 1. The molecule has 134 valence electrons. The zero-order valence-electron chi connectivity index (χ0n) is 14.9. The van der Waals surface area contributed by atoms with Crippen LogP contribution in [0.4, 0.5) is 5.69 Å². The number of para-hydroxylation sites is 1. The molecule has 0 saturated carbocycles. The van der Waals surface area contributed by atoms with Crippen LogP contribution in [0, 0.1) is 11.3 Å². The highest BCUT2D eigenvalue weighted by Gasteiger charge is 2.20. The van der Waals surface area contributed by atoms with Crippen molar-refractivity contribution in [2.45, 2.75) is 37.0 Å². The average molecular weight is 368 g/mol. The van der Waals surface area contributed by atoms with Crippen molar-refractivity contribution >= 4 is 29.3 Å². The van der Waals surface area contributed by atoms with Gasteiger partial charge in [-0.25, -0.2) is 4.79 Å². The lowest BCUT2D eigenvalue weighted by molar-refractivity contribution is -0.123. The molecular formula is C20H20N2O3S. The number of carbonyl (C=O) groups excluding carboxylic acids is 2. The second kappa shape index (κ2) is 9.07. The van der Waals surface area contributed by atoms with Crippen LogP contribution in [0.5, 0.6) is 0 Å². The molecule has 1 atom stereocenters. The third-order valence-electron chi connectivity index (χ3n) is 3.42. The maximum absolute atomic E-state index is 12.2. The highest BCUT2D eigenvalue weighted by Crippen LogP contribution is 2.23. The predicted molar refractivity (Wildman–Crippen MR) is 102 cm³/mol. The maximum atomic E-state index is 12.2. The topological polar surface area (TPSA) is 79.2 Å². The molecule has 0 aliphatic rings. The van der Waals surface area contributed by atoms with Crippen molar-refractivity contribution in [3.8, 4) is 6.07 Å². The SMILES string of the molecule is CC(C)Sc1ccc(C(=O)O[C@H](C)C(=O)Nc2ccccc2C#N)cc1. The van der Waals surface area contributed by atoms with E-state index in [9.17, 15) is 9.59 Å². The van der Waals surface area contributed by atoms with E-state index in [2.05, 4.69) is 19.2 Å². The van der Waals surface area contributed by atoms with Crippen molar-refractivity contribution in [1.82, 2.24) is 0 Å². The van der Waals surface area contributed by atoms with Crippen LogP contribution in [0.25, 0.3) is 0 Å². The highest BCUT2D eigenvalue weighted by molar-refractivity contribution is 7.99. The molecule has 6 heteroatoms. The molecule has 0 unspecified atom stereocenters. The van der Waals surface area contributed by atoms with Crippen LogP contribution in [0.15, 0.2) is 53.4 Å². The molecule has 1 N–H and O–H groups in total. The fourth-order valence-corrected chi connectivity index (χ4v) is 2.99. The highest BCUT2D eigenvalue weighted by atomic mass is 32.2. The van der Waals surface area contributed by atoms with Gasteiger partial charge in [0.2, 0.25) is 0 Å². The molecule has 5 nitrogen and oxygen atoms in total. The number of thioether (sulfide) groups is 1. The molecule has 0 spiro atoms. The Hall–Kier alpha value is -2.78. The Morgan fingerprint density at radius 3 is 2.35 bits per heavy atom. The van der Waals surface area contributed by atoms with Crippen molar-refractivity contribution in [3.05, 3.63) is 59.7 Å². The van der Waals surface area contributed by atoms with Crippen molar-refractivity contribution in [2.24, 2.45) is 0 Å². The molecule has 0 saturated heterocycles. The van der Waals surface area contributed by atoms with Crippen molar-refractivity contribution in [3.63, 3.8) is 0 Å². The van der Waals surface area contributed by atoms with Gasteiger partial charge in [0.1, 0.15) is 6.07 Å². The van der Waals surface area contributed by atoms with Crippen molar-refractivity contribution < 1.29 is 14.3 Å². The second-order valence-electron chi connectivity index (χ2n) is 5.89. The normalized spacial score (nSPS) is 11.5. The number of hydrogen-bond acceptors (Lipinski definition) is 5. The van der Waals surface area contributed by atoms with Crippen molar-refractivity contribution in [2.75, 3.05) is 5.32 Å². The van der Waals surface area contributed by atoms with Crippen LogP contribution in [-0.4, -0.2) is 23.2 Å². The van der Waals surface area contributed by atoms with Gasteiger partial charge in [-0.15, -0.1) is 11.8 Å². The van der Waals surface area contributed by atoms with E-state index >= 15 is 0 Å². The van der Waals surface area contributed by atoms with Gasteiger partial charge in [0.25, 0.3) is 5.91 Å². The first-order chi connectivity index (χ1) is 12.4. The Morgan fingerprint density at radius 2 is 1.73 bits per heavy atom. The minimum Gasteiger partial charge on any atom is -0.449 e. The first-order valence-corrected chi connectivity index (χ1v) is 9.06. The maximum Gasteiger partial charge on any atom is 0.338 e. The van der Waals surface area contributed by atoms with Gasteiger partial charge < -0.3 is 10.1 Å². The van der Waals surface area contributed by atoms with E-state index in [-0.39, 0.29) is 0 Å². The molecule has 0 fully saturated rings. The molecule has 0 aliphatic carbocycles. The number of rotatable bonds is 6. The zero-order chi connectivity index (χ0) is 19.1. The molecular weight excluding hydrogens is 348 g/mol. The summed E-state index contributed by atoms with van der Waals surface area (Å²) in [5, 5.41) is 12.1. The Labute approximate surface area is 157 Å². The van der Waals surface area contributed by atoms with Crippen LogP contribution in [-0.2, 0) is 9.53 Å². The van der Waals surface area contributed by atoms with Gasteiger partial charge >= 0.3 is 5.97 Å². The molecule has 0 radical (unpaired) electrons. The van der Waals surface area contributed by atoms with E-state index in [4.69, 9.17) is 10.00 Å². The summed E-state index contributed by atoms with van der Waals surface area (Å²) < 4.78 is 5.22. The fourth-order valence-electron chi connectivity index (χ4n) is 2.15. The lowest BCUT2D eigenvalue weighted by Crippen LogP contribution is -2.30. The standard InChI is InChI=1S/C20H20N2O3S/c1-13(2)26-17-10-8-15(9-11-17)20(24)25-14(3)19(23)22-18-7-5-4-6-16(18)12-21/h4-11,13-14H,1-3H3,(H,22,23)/t14-/m1/s1. The van der Waals surface area contributed by atoms with E-state index < -0.39 is 18.0 Å². The fraction of sp³-hybridized carbons (Fsp3) is 0.250. The van der Waals surface area contributed by atoms with Crippen LogP contribution in [0.3, 0.4) is 0 Å². The number of hydrogen-bond donors (Lipinski definition) is 1. The molecule has 0 aromatic heterocycles. The predicted octanol–water partition coefficient (Wildman–Crippen LogP) is 4.24. The minimum absolute atomic E-state index is 0.345. The Kier molecular flexibility index (Phi) is 6.81. The molecule has 0 heterocycles. The van der Waals surface area contributed by atoms with Gasteiger partial charge in [-0.1, -0.05) is 26.0 Å². The zero-order valence-corrected chi connectivity index (χ0v) is 15.7. The lowest BCUT2D eigenvalue weighted by Gasteiger charge is -2.14. The van der Waals surface area contributed by atoms with E-state index in [0.29, 0.717) is 22.1 Å². The number of amides is 1. The molecule has 0 aliphatic heterocycles. The van der Waals surface area contributed by atoms with Crippen LogP contribution in [0.2, 0.25) is 0 Å². The average Bonchev–Trinajstić information content (AvgIpc) is 2.62. The van der Waals surface area contributed by atoms with Gasteiger partial charge in [0.15, 0.2) is 6.10 Å². The van der Waals surface area contributed by atoms with E-state index in [1.165, 1.54) is 6.92 Å². The summed E-state index contributed by atoms with van der Waals surface area (Å²) in [5.41, 5.74) is 1.12. The van der Waals surface area contributed by atoms with E-state index in [1.807, 2.05) is 18.2 Å². The number of benzene rings is 2. The summed E-state index contributed by atoms with van der Waals surface area (Å²) in [6.45, 7) is 5.68. The number of ether oxygens (including phenoxy) is 1. The number of nitriles is 1. The summed E-state index contributed by atoms with van der Waals surface area (Å²) in [6.07, 6.45) is -0.987. The van der Waals surface area contributed by atoms with Gasteiger partial charge in [0, 0.05) is 10.1 Å². The summed E-state index contributed by atoms with van der Waals surface area (Å²) in [6, 6.07) is 15.7. The molecule has 0 bridgehead atoms. The summed E-state index contributed by atoms with van der Waals surface area (Å²) in [7, 11) is 0. The monoisotopic (exact) mass is 368 g/mol. The number of nitrogens with one attached hydrogen (secondary N) is 1. The third-order valence-corrected chi connectivity index (χ3v) is 4.44. The van der Waals surface area contributed by atoms with Gasteiger partial charge in [-0.3, -0.25) is 4.79 Å². The Morgan fingerprint density at radius 1 is 1.08 bits per heavy atom. The smallest absolute Gasteiger partial charge is 0.338 e. The second-order valence-corrected chi connectivity index (χ2v) is 7.54. The number of anilines is 1. The largest absolute Gasteiger partial charge is 0.449 e. The van der Waals surface area contributed by atoms with Crippen LogP contribution in [0.1, 0.15) is 36.7 Å². The quantitative estimate of drug-likeness (QED) is 0.609. The first kappa shape index (κ1) is 19.5. The molecule has 2 aromatic rings. The van der Waals surface area contributed by atoms with Crippen LogP contribution >= 0.6 is 11.8 Å². The molecule has 26 heavy (non-hydrogen) atoms. The minimum atomic E-state index is -0.987. The lowest BCUT2D eigenvalue weighted by atomic mass is 10.2. The Bertz CT molecular complexity index is 826. The number of carbonyl (C=O) groups is 2. The molecule has 2 aromatic carbocycles. The third kappa shape index (κ3) is 5.36. The first-order valence-electron chi connectivity index (χ1n) is 8.18. The molecule has 1 amide bonds. The summed E-state index contributed by atoms with van der Waals surface area (Å²) >= 11 is 1.70. The molecule has 2 rings (SSSR count). The van der Waals surface area contributed by atoms with E-state index in [0.717, 1.165) is 4.90 Å². The van der Waals surface area contributed by atoms with Gasteiger partial charge in [-0.05, 0) is 43.3 Å². The number of nitrogens with zero attached hydrogens (tertiary/aromatic N) is 1. The summed E-state index contributed by atoms with van der Waals surface area (Å²) in [5.74, 6) is -1.06.